The molecule has 284 valence electrons. The first-order valence-corrected chi connectivity index (χ1v) is 19.8. The lowest BCUT2D eigenvalue weighted by molar-refractivity contribution is -0.140. The first kappa shape index (κ1) is 41.2. The molecule has 0 bridgehead atoms. The van der Waals surface area contributed by atoms with E-state index < -0.39 is 49.4 Å². The van der Waals surface area contributed by atoms with Crippen LogP contribution in [0.5, 0.6) is 23.0 Å². The number of Topliss-reactive ketones (excluding diaryl/α,β-unsaturated/α-hetero) is 1. The number of carbonyl (C=O) groups is 2. The number of rotatable bonds is 13. The molecule has 0 heterocycles. The number of hydrogen-bond donors (Lipinski definition) is 2. The number of ether oxygens (including phenoxy) is 2. The summed E-state index contributed by atoms with van der Waals surface area (Å²) in [5.74, 6) is -0.740. The van der Waals surface area contributed by atoms with Crippen LogP contribution < -0.4 is 14.8 Å². The number of ketones is 1. The number of phenolic OH excluding ortho intramolecular Hbond substituents is 1. The molecule has 0 saturated heterocycles. The number of anilines is 1. The minimum absolute atomic E-state index is 0.0279. The first-order valence-electron chi connectivity index (χ1n) is 17.1. The van der Waals surface area contributed by atoms with Crippen molar-refractivity contribution in [3.8, 4) is 23.0 Å². The molecule has 4 aromatic rings. The van der Waals surface area contributed by atoms with Crippen LogP contribution in [0, 0.1) is 10.8 Å². The first-order chi connectivity index (χ1) is 24.5. The lowest BCUT2D eigenvalue weighted by atomic mass is 9.72. The highest BCUT2D eigenvalue weighted by Gasteiger charge is 2.37. The Kier molecular flexibility index (Phi) is 12.3. The molecular formula is C41H48NO9S2-. The van der Waals surface area contributed by atoms with Crippen LogP contribution in [-0.4, -0.2) is 40.1 Å². The molecule has 4 rings (SSSR count). The molecule has 3 atom stereocenters. The van der Waals surface area contributed by atoms with Crippen molar-refractivity contribution in [1.29, 1.82) is 0 Å². The third kappa shape index (κ3) is 10.6. The van der Waals surface area contributed by atoms with Crippen LogP contribution >= 0.6 is 0 Å². The smallest absolute Gasteiger partial charge is 0.273 e. The highest BCUT2D eigenvalue weighted by molar-refractivity contribution is 7.91. The molecule has 12 heteroatoms. The number of phenols is 1. The van der Waals surface area contributed by atoms with E-state index in [1.807, 2.05) is 24.3 Å². The summed E-state index contributed by atoms with van der Waals surface area (Å²) >= 11 is -2.46. The van der Waals surface area contributed by atoms with Gasteiger partial charge < -0.3 is 24.4 Å². The van der Waals surface area contributed by atoms with Gasteiger partial charge in [-0.3, -0.25) is 13.8 Å². The van der Waals surface area contributed by atoms with E-state index in [0.717, 1.165) is 12.0 Å². The Balaban J connectivity index is 1.65. The molecule has 0 saturated carbocycles. The van der Waals surface area contributed by atoms with Crippen molar-refractivity contribution in [1.82, 2.24) is 0 Å². The van der Waals surface area contributed by atoms with Gasteiger partial charge in [-0.15, -0.1) is 0 Å². The molecule has 0 spiro atoms. The number of nitrogens with one attached hydrogen (secondary N) is 1. The van der Waals surface area contributed by atoms with Crippen LogP contribution in [0.1, 0.15) is 85.1 Å². The SMILES string of the molecule is CC(c1ccc(Oc2ccc(C(C)(C)CC(C)(C)C)cc2)c(NC(=O)C(Oc2ccc(S(=O)(=O)c3ccc(O)cc3)cc2)C(=O)C(C)(C)C)c1)S(=O)[O-]. The molecule has 2 N–H and O–H groups in total. The van der Waals surface area contributed by atoms with Crippen LogP contribution in [0.15, 0.2) is 101 Å². The van der Waals surface area contributed by atoms with Crippen molar-refractivity contribution < 1.29 is 41.3 Å². The van der Waals surface area contributed by atoms with Gasteiger partial charge in [0, 0.05) is 10.7 Å². The predicted octanol–water partition coefficient (Wildman–Crippen LogP) is 8.67. The van der Waals surface area contributed by atoms with E-state index in [2.05, 4.69) is 39.9 Å². The van der Waals surface area contributed by atoms with E-state index in [-0.39, 0.29) is 43.6 Å². The van der Waals surface area contributed by atoms with E-state index in [4.69, 9.17) is 9.47 Å². The van der Waals surface area contributed by atoms with E-state index >= 15 is 0 Å². The van der Waals surface area contributed by atoms with Gasteiger partial charge in [-0.05, 0) is 119 Å². The normalized spacial score (nSPS) is 14.2. The molecule has 0 radical (unpaired) electrons. The van der Waals surface area contributed by atoms with Crippen molar-refractivity contribution in [3.63, 3.8) is 0 Å². The molecule has 0 aliphatic carbocycles. The minimum Gasteiger partial charge on any atom is -0.772 e. The molecule has 0 fully saturated rings. The standard InChI is InChI=1S/C41H49NO9S2/c1-26(52(46)47)27-10-23-35(50-30-15-11-28(12-16-30)41(8,9)25-39(2,3)4)34(24-27)42-38(45)36(37(44)40(5,6)7)51-31-17-21-33(22-18-31)53(48,49)32-19-13-29(43)14-20-32/h10-24,26,36,43H,25H2,1-9H3,(H,42,45)(H,46,47)/p-1. The van der Waals surface area contributed by atoms with E-state index in [1.165, 1.54) is 61.5 Å². The Morgan fingerprint density at radius 3 is 1.85 bits per heavy atom. The van der Waals surface area contributed by atoms with Gasteiger partial charge in [0.25, 0.3) is 5.91 Å². The summed E-state index contributed by atoms with van der Waals surface area (Å²) in [6, 6.07) is 22.6. The number of sulfone groups is 1. The third-order valence-electron chi connectivity index (χ3n) is 8.61. The molecular weight excluding hydrogens is 715 g/mol. The van der Waals surface area contributed by atoms with Crippen LogP contribution in [0.4, 0.5) is 5.69 Å². The van der Waals surface area contributed by atoms with Crippen LogP contribution in [0.3, 0.4) is 0 Å². The summed E-state index contributed by atoms with van der Waals surface area (Å²) in [4.78, 5) is 27.6. The zero-order chi connectivity index (χ0) is 39.5. The van der Waals surface area contributed by atoms with Gasteiger partial charge >= 0.3 is 0 Å². The number of hydrogen-bond acceptors (Lipinski definition) is 9. The zero-order valence-corrected chi connectivity index (χ0v) is 33.2. The fourth-order valence-corrected chi connectivity index (χ4v) is 7.67. The molecule has 0 aliphatic heterocycles. The zero-order valence-electron chi connectivity index (χ0n) is 31.6. The van der Waals surface area contributed by atoms with Crippen LogP contribution in [0.25, 0.3) is 0 Å². The maximum absolute atomic E-state index is 14.0. The second-order valence-electron chi connectivity index (χ2n) is 16.0. The Labute approximate surface area is 315 Å². The second kappa shape index (κ2) is 15.8. The highest BCUT2D eigenvalue weighted by Crippen LogP contribution is 2.38. The van der Waals surface area contributed by atoms with E-state index in [9.17, 15) is 31.9 Å². The van der Waals surface area contributed by atoms with Crippen molar-refractivity contribution in [3.05, 3.63) is 102 Å². The van der Waals surface area contributed by atoms with Gasteiger partial charge in [-0.25, -0.2) is 8.42 Å². The van der Waals surface area contributed by atoms with Crippen molar-refractivity contribution >= 4 is 38.3 Å². The molecule has 10 nitrogen and oxygen atoms in total. The van der Waals surface area contributed by atoms with Gasteiger partial charge in [-0.2, -0.15) is 0 Å². The number of amides is 1. The van der Waals surface area contributed by atoms with Crippen LogP contribution in [-0.2, 0) is 35.9 Å². The Morgan fingerprint density at radius 1 is 0.811 bits per heavy atom. The molecule has 53 heavy (non-hydrogen) atoms. The number of aromatic hydroxyl groups is 1. The van der Waals surface area contributed by atoms with Crippen LogP contribution in [0.2, 0.25) is 0 Å². The van der Waals surface area contributed by atoms with Gasteiger partial charge in [0.05, 0.1) is 15.5 Å². The predicted molar refractivity (Wildman–Crippen MR) is 205 cm³/mol. The summed E-state index contributed by atoms with van der Waals surface area (Å²) in [6.07, 6.45) is -0.724. The molecule has 0 aromatic heterocycles. The number of carbonyl (C=O) groups excluding carboxylic acids is 2. The largest absolute Gasteiger partial charge is 0.772 e. The fourth-order valence-electron chi connectivity index (χ4n) is 6.04. The Hall–Kier alpha value is -4.52. The second-order valence-corrected chi connectivity index (χ2v) is 19.2. The molecule has 4 aromatic carbocycles. The van der Waals surface area contributed by atoms with Gasteiger partial charge in [0.15, 0.2) is 11.5 Å². The van der Waals surface area contributed by atoms with E-state index in [0.29, 0.717) is 11.3 Å². The topological polar surface area (TPSA) is 159 Å². The van der Waals surface area contributed by atoms with Crippen molar-refractivity contribution in [2.45, 2.75) is 95.3 Å². The average Bonchev–Trinajstić information content (AvgIpc) is 3.06. The highest BCUT2D eigenvalue weighted by atomic mass is 32.2. The van der Waals surface area contributed by atoms with Crippen molar-refractivity contribution in [2.24, 2.45) is 10.8 Å². The number of benzene rings is 4. The Bertz CT molecular complexity index is 2060. The fraction of sp³-hybridized carbons (Fsp3) is 0.366. The maximum atomic E-state index is 14.0. The summed E-state index contributed by atoms with van der Waals surface area (Å²) in [5.41, 5.74) is 0.618. The summed E-state index contributed by atoms with van der Waals surface area (Å²) in [7, 11) is -3.93. The van der Waals surface area contributed by atoms with E-state index in [1.54, 1.807) is 32.9 Å². The lowest BCUT2D eigenvalue weighted by Crippen LogP contribution is -2.45. The third-order valence-corrected chi connectivity index (χ3v) is 11.2. The minimum atomic E-state index is -3.93. The average molecular weight is 763 g/mol. The van der Waals surface area contributed by atoms with Crippen molar-refractivity contribution in [2.75, 3.05) is 5.32 Å². The molecule has 0 aliphatic rings. The lowest BCUT2D eigenvalue weighted by Gasteiger charge is -2.33. The quantitative estimate of drug-likeness (QED) is 0.100. The van der Waals surface area contributed by atoms with Gasteiger partial charge in [0.2, 0.25) is 15.9 Å². The summed E-state index contributed by atoms with van der Waals surface area (Å²) in [6.45, 7) is 17.4. The summed E-state index contributed by atoms with van der Waals surface area (Å²) < 4.78 is 62.2. The summed E-state index contributed by atoms with van der Waals surface area (Å²) in [5, 5.41) is 11.4. The Morgan fingerprint density at radius 2 is 1.34 bits per heavy atom. The van der Waals surface area contributed by atoms with Gasteiger partial charge in [-0.1, -0.05) is 73.6 Å². The molecule has 1 amide bonds. The monoisotopic (exact) mass is 762 g/mol. The molecule has 3 unspecified atom stereocenters. The van der Waals surface area contributed by atoms with Gasteiger partial charge in [0.1, 0.15) is 17.2 Å². The maximum Gasteiger partial charge on any atom is 0.273 e.